The second kappa shape index (κ2) is 40.3. The minimum atomic E-state index is -0.752. The molecule has 0 aliphatic carbocycles. The van der Waals surface area contributed by atoms with E-state index in [-0.39, 0.29) is 0 Å². The van der Waals surface area contributed by atoms with Crippen molar-refractivity contribution in [2.45, 2.75) is 271 Å². The Morgan fingerprint density at radius 2 is 0.340 bits per heavy atom. The molecule has 0 amide bonds. The number of hydrogen-bond donors (Lipinski definition) is 2. The minimum absolute atomic E-state index is 0.498. The third-order valence-electron chi connectivity index (χ3n) is 10.7. The van der Waals surface area contributed by atoms with E-state index < -0.39 is 4.81 Å². The van der Waals surface area contributed by atoms with Crippen molar-refractivity contribution in [2.24, 2.45) is 0 Å². The Morgan fingerprint density at radius 1 is 0.213 bits per heavy atom. The molecule has 3 heteroatoms. The predicted octanol–water partition coefficient (Wildman–Crippen LogP) is 16.2. The van der Waals surface area contributed by atoms with Gasteiger partial charge in [-0.3, -0.25) is 0 Å². The van der Waals surface area contributed by atoms with Gasteiger partial charge < -0.3 is 0 Å². The molecular weight excluding hydrogens is 574 g/mol. The van der Waals surface area contributed by atoms with Crippen molar-refractivity contribution in [1.29, 1.82) is 0 Å². The van der Waals surface area contributed by atoms with Gasteiger partial charge in [0, 0.05) is 12.8 Å². The largest absolute Gasteiger partial charge is 0.182 e. The number of unbranched alkanes of at least 4 members (excludes halogenated alkanes) is 38. The van der Waals surface area contributed by atoms with Crippen molar-refractivity contribution < 1.29 is 15.2 Å². The summed E-state index contributed by atoms with van der Waals surface area (Å²) < 4.78 is 0. The van der Waals surface area contributed by atoms with E-state index in [1.165, 1.54) is 231 Å². The van der Waals surface area contributed by atoms with Gasteiger partial charge in [-0.2, -0.15) is 10.4 Å². The molecular formula is C44H92NO2+. The highest BCUT2D eigenvalue weighted by Gasteiger charge is 2.21. The van der Waals surface area contributed by atoms with Gasteiger partial charge in [-0.1, -0.05) is 245 Å². The Kier molecular flexibility index (Phi) is 40.2. The van der Waals surface area contributed by atoms with Gasteiger partial charge in [0.1, 0.15) is 13.1 Å². The van der Waals surface area contributed by atoms with Gasteiger partial charge >= 0.3 is 0 Å². The molecule has 0 aliphatic heterocycles. The smallest absolute Gasteiger partial charge is 0.142 e. The van der Waals surface area contributed by atoms with Gasteiger partial charge in [-0.05, 0) is 17.7 Å². The molecule has 0 radical (unpaired) electrons. The van der Waals surface area contributed by atoms with Crippen molar-refractivity contribution in [1.82, 2.24) is 0 Å². The van der Waals surface area contributed by atoms with Crippen molar-refractivity contribution in [3.05, 3.63) is 0 Å². The van der Waals surface area contributed by atoms with E-state index in [9.17, 15) is 10.4 Å². The number of nitrogens with zero attached hydrogens (tertiary/aromatic N) is 1. The molecule has 0 saturated heterocycles. The molecule has 0 rings (SSSR count). The summed E-state index contributed by atoms with van der Waals surface area (Å²) in [5.41, 5.74) is 0. The van der Waals surface area contributed by atoms with E-state index in [0.717, 1.165) is 25.7 Å². The number of hydroxylamine groups is 4. The van der Waals surface area contributed by atoms with Crippen molar-refractivity contribution in [3.63, 3.8) is 0 Å². The Hall–Kier alpha value is -0.120. The fraction of sp³-hybridized carbons (Fsp3) is 1.00. The molecule has 0 aliphatic rings. The molecule has 0 aromatic rings. The first-order valence-electron chi connectivity index (χ1n) is 22.4. The Bertz CT molecular complexity index is 505. The summed E-state index contributed by atoms with van der Waals surface area (Å²) in [5.74, 6) is 0. The second-order valence-electron chi connectivity index (χ2n) is 15.8. The summed E-state index contributed by atoms with van der Waals surface area (Å²) >= 11 is 0. The highest BCUT2D eigenvalue weighted by atomic mass is 16.8. The van der Waals surface area contributed by atoms with Crippen LogP contribution >= 0.6 is 0 Å². The molecule has 284 valence electrons. The fourth-order valence-electron chi connectivity index (χ4n) is 7.35. The summed E-state index contributed by atoms with van der Waals surface area (Å²) in [6.45, 7) is 5.59. The van der Waals surface area contributed by atoms with Crippen LogP contribution in [-0.2, 0) is 0 Å². The van der Waals surface area contributed by atoms with Crippen molar-refractivity contribution >= 4 is 0 Å². The molecule has 0 aromatic carbocycles. The number of hydrogen-bond acceptors (Lipinski definition) is 2. The summed E-state index contributed by atoms with van der Waals surface area (Å²) in [6.07, 6.45) is 55.0. The van der Waals surface area contributed by atoms with Gasteiger partial charge in [0.2, 0.25) is 0 Å². The molecule has 0 spiro atoms. The first-order valence-corrected chi connectivity index (χ1v) is 22.4. The SMILES string of the molecule is CCCCCCCCCCCCCCCCCCCCCC[N+](O)(O)CCCCCCCCCCCCCCCCCCCCCC. The highest BCUT2D eigenvalue weighted by molar-refractivity contribution is 4.53. The number of rotatable bonds is 42. The average Bonchev–Trinajstić information content (AvgIpc) is 3.06. The maximum atomic E-state index is 10.3. The van der Waals surface area contributed by atoms with Crippen LogP contribution in [0.3, 0.4) is 0 Å². The maximum Gasteiger partial charge on any atom is 0.142 e. The Morgan fingerprint density at radius 3 is 0.489 bits per heavy atom. The monoisotopic (exact) mass is 667 g/mol. The molecule has 2 N–H and O–H groups in total. The average molecular weight is 667 g/mol. The normalized spacial score (nSPS) is 12.0. The molecule has 0 fully saturated rings. The van der Waals surface area contributed by atoms with Crippen LogP contribution < -0.4 is 0 Å². The first kappa shape index (κ1) is 46.9. The maximum absolute atomic E-state index is 10.3. The van der Waals surface area contributed by atoms with Crippen LogP contribution in [0.15, 0.2) is 0 Å². The topological polar surface area (TPSA) is 40.5 Å². The van der Waals surface area contributed by atoms with Crippen LogP contribution in [0, 0.1) is 0 Å². The molecule has 0 heterocycles. The van der Waals surface area contributed by atoms with E-state index in [2.05, 4.69) is 13.8 Å². The van der Waals surface area contributed by atoms with Crippen LogP contribution in [0.5, 0.6) is 0 Å². The number of quaternary nitrogens is 1. The highest BCUT2D eigenvalue weighted by Crippen LogP contribution is 2.17. The summed E-state index contributed by atoms with van der Waals surface area (Å²) in [6, 6.07) is 0. The second-order valence-corrected chi connectivity index (χ2v) is 15.8. The van der Waals surface area contributed by atoms with Crippen LogP contribution in [0.2, 0.25) is 0 Å². The van der Waals surface area contributed by atoms with Crippen LogP contribution in [0.25, 0.3) is 0 Å². The van der Waals surface area contributed by atoms with Gasteiger partial charge in [0.25, 0.3) is 0 Å². The molecule has 47 heavy (non-hydrogen) atoms. The third kappa shape index (κ3) is 42.0. The molecule has 0 atom stereocenters. The standard InChI is InChI=1S/C44H92NO2/c1-3-5-7-9-11-13-15-17-19-21-23-25-27-29-31-33-35-37-39-41-43-45(46,47)44-42-40-38-36-34-32-30-28-26-24-22-20-18-16-14-12-10-8-6-4-2/h46-47H,3-44H2,1-2H3/q+1. The molecule has 3 nitrogen and oxygen atoms in total. The van der Waals surface area contributed by atoms with E-state index >= 15 is 0 Å². The van der Waals surface area contributed by atoms with Crippen molar-refractivity contribution in [2.75, 3.05) is 13.1 Å². The molecule has 0 saturated carbocycles. The van der Waals surface area contributed by atoms with Gasteiger partial charge in [0.05, 0.1) is 0 Å². The lowest BCUT2D eigenvalue weighted by atomic mass is 10.0. The van der Waals surface area contributed by atoms with E-state index in [1.807, 2.05) is 0 Å². The molecule has 0 aromatic heterocycles. The lowest BCUT2D eigenvalue weighted by molar-refractivity contribution is -1.24. The zero-order chi connectivity index (χ0) is 34.2. The van der Waals surface area contributed by atoms with Crippen LogP contribution in [0.1, 0.15) is 271 Å². The lowest BCUT2D eigenvalue weighted by Gasteiger charge is -2.21. The van der Waals surface area contributed by atoms with E-state index in [1.54, 1.807) is 0 Å². The zero-order valence-electron chi connectivity index (χ0n) is 33.0. The van der Waals surface area contributed by atoms with E-state index in [0.29, 0.717) is 13.1 Å². The Labute approximate surface area is 298 Å². The van der Waals surface area contributed by atoms with Crippen LogP contribution in [0.4, 0.5) is 0 Å². The zero-order valence-corrected chi connectivity index (χ0v) is 33.0. The quantitative estimate of drug-likeness (QED) is 0.0387. The minimum Gasteiger partial charge on any atom is -0.182 e. The van der Waals surface area contributed by atoms with Crippen LogP contribution in [-0.4, -0.2) is 28.3 Å². The van der Waals surface area contributed by atoms with E-state index in [4.69, 9.17) is 0 Å². The van der Waals surface area contributed by atoms with Gasteiger partial charge in [-0.25, -0.2) is 0 Å². The lowest BCUT2D eigenvalue weighted by Crippen LogP contribution is -2.42. The molecule has 0 unspecified atom stereocenters. The Balaban J connectivity index is 3.24. The third-order valence-corrected chi connectivity index (χ3v) is 10.7. The molecule has 0 bridgehead atoms. The fourth-order valence-corrected chi connectivity index (χ4v) is 7.35. The van der Waals surface area contributed by atoms with Gasteiger partial charge in [-0.15, -0.1) is 0 Å². The summed E-state index contributed by atoms with van der Waals surface area (Å²) in [5, 5.41) is 20.6. The summed E-state index contributed by atoms with van der Waals surface area (Å²) in [4.78, 5) is -0.752. The first-order chi connectivity index (χ1) is 23.1. The predicted molar refractivity (Wildman–Crippen MR) is 210 cm³/mol. The summed E-state index contributed by atoms with van der Waals surface area (Å²) in [7, 11) is 0. The van der Waals surface area contributed by atoms with Gasteiger partial charge in [0.15, 0.2) is 0 Å². The van der Waals surface area contributed by atoms with Crippen molar-refractivity contribution in [3.8, 4) is 0 Å².